The molecule has 198 valence electrons. The molecule has 0 radical (unpaired) electrons. The molecule has 0 heterocycles. The SMILES string of the molecule is COc1ccc(S(=O)(=O)NCCCCC(C(=O)O)N(c2ccc(-c3ccc(Br)cc3)cc2)S(=O)O)cc1. The maximum Gasteiger partial charge on any atom is 0.327 e. The summed E-state index contributed by atoms with van der Waals surface area (Å²) in [4.78, 5) is 12.1. The number of sulfonamides is 1. The number of anilines is 1. The molecule has 3 aromatic carbocycles. The van der Waals surface area contributed by atoms with Gasteiger partial charge < -0.3 is 9.84 Å². The Hall–Kier alpha value is -2.77. The molecule has 0 aliphatic rings. The van der Waals surface area contributed by atoms with Gasteiger partial charge in [0.2, 0.25) is 10.0 Å². The molecule has 0 spiro atoms. The monoisotopic (exact) mass is 610 g/mol. The molecule has 12 heteroatoms. The first kappa shape index (κ1) is 28.8. The van der Waals surface area contributed by atoms with Gasteiger partial charge in [-0.1, -0.05) is 40.2 Å². The topological polar surface area (TPSA) is 133 Å². The highest BCUT2D eigenvalue weighted by atomic mass is 79.9. The van der Waals surface area contributed by atoms with Crippen molar-refractivity contribution in [2.75, 3.05) is 18.0 Å². The van der Waals surface area contributed by atoms with Gasteiger partial charge in [-0.3, -0.25) is 8.86 Å². The number of benzene rings is 3. The number of nitrogens with zero attached hydrogens (tertiary/aromatic N) is 1. The van der Waals surface area contributed by atoms with Crippen LogP contribution < -0.4 is 13.8 Å². The van der Waals surface area contributed by atoms with E-state index in [9.17, 15) is 27.1 Å². The van der Waals surface area contributed by atoms with Crippen molar-refractivity contribution < 1.29 is 31.8 Å². The number of carboxylic acid groups (broad SMARTS) is 1. The minimum Gasteiger partial charge on any atom is -0.497 e. The summed E-state index contributed by atoms with van der Waals surface area (Å²) in [5.41, 5.74) is 2.10. The van der Waals surface area contributed by atoms with E-state index >= 15 is 0 Å². The van der Waals surface area contributed by atoms with Crippen molar-refractivity contribution in [3.05, 3.63) is 77.3 Å². The molecule has 2 atom stereocenters. The Morgan fingerprint density at radius 2 is 1.57 bits per heavy atom. The van der Waals surface area contributed by atoms with Crippen LogP contribution in [-0.4, -0.2) is 48.0 Å². The fourth-order valence-corrected chi connectivity index (χ4v) is 5.72. The fraction of sp³-hybridized carbons (Fsp3) is 0.240. The van der Waals surface area contributed by atoms with Crippen LogP contribution in [0.15, 0.2) is 82.2 Å². The predicted octanol–water partition coefficient (Wildman–Crippen LogP) is 4.67. The van der Waals surface area contributed by atoms with E-state index in [4.69, 9.17) is 4.74 Å². The number of carbonyl (C=O) groups is 1. The van der Waals surface area contributed by atoms with E-state index in [0.717, 1.165) is 19.9 Å². The van der Waals surface area contributed by atoms with Crippen LogP contribution in [0.3, 0.4) is 0 Å². The zero-order chi connectivity index (χ0) is 27.0. The van der Waals surface area contributed by atoms with Gasteiger partial charge in [0, 0.05) is 11.0 Å². The maximum absolute atomic E-state index is 12.4. The average molecular weight is 612 g/mol. The molecule has 9 nitrogen and oxygen atoms in total. The molecule has 3 aromatic rings. The molecule has 0 aliphatic carbocycles. The lowest BCUT2D eigenvalue weighted by molar-refractivity contribution is -0.138. The third-order valence-electron chi connectivity index (χ3n) is 5.60. The highest BCUT2D eigenvalue weighted by Crippen LogP contribution is 2.27. The van der Waals surface area contributed by atoms with Crippen molar-refractivity contribution in [2.45, 2.75) is 30.2 Å². The standard InChI is InChI=1S/C25H27BrN2O7S2/c1-35-22-13-15-23(16-14-22)37(33,34)27-17-3-2-4-24(25(29)30)28(36(31)32)21-11-7-19(8-12-21)18-5-9-20(26)10-6-18/h5-16,24,27H,2-4,17H2,1H3,(H,29,30)(H,31,32). The van der Waals surface area contributed by atoms with Crippen LogP contribution in [0.25, 0.3) is 11.1 Å². The highest BCUT2D eigenvalue weighted by Gasteiger charge is 2.29. The first-order chi connectivity index (χ1) is 17.6. The number of nitrogens with one attached hydrogen (secondary N) is 1. The number of aliphatic carboxylic acids is 1. The summed E-state index contributed by atoms with van der Waals surface area (Å²) in [5, 5.41) is 9.78. The summed E-state index contributed by atoms with van der Waals surface area (Å²) < 4.78 is 56.3. The number of rotatable bonds is 13. The van der Waals surface area contributed by atoms with Gasteiger partial charge >= 0.3 is 5.97 Å². The number of hydrogen-bond acceptors (Lipinski definition) is 5. The van der Waals surface area contributed by atoms with Crippen molar-refractivity contribution in [1.29, 1.82) is 0 Å². The van der Waals surface area contributed by atoms with Crippen LogP contribution in [0, 0.1) is 0 Å². The number of halogens is 1. The van der Waals surface area contributed by atoms with Crippen LogP contribution in [0.1, 0.15) is 19.3 Å². The summed E-state index contributed by atoms with van der Waals surface area (Å²) in [6, 6.07) is 19.0. The zero-order valence-electron chi connectivity index (χ0n) is 19.9. The van der Waals surface area contributed by atoms with Gasteiger partial charge in [0.05, 0.1) is 17.7 Å². The summed E-state index contributed by atoms with van der Waals surface area (Å²) in [6.45, 7) is 0.0881. The lowest BCUT2D eigenvalue weighted by atomic mass is 10.0. The fourth-order valence-electron chi connectivity index (χ4n) is 3.67. The normalized spacial score (nSPS) is 13.1. The first-order valence-electron chi connectivity index (χ1n) is 11.2. The second-order valence-corrected chi connectivity index (χ2v) is 11.6. The van der Waals surface area contributed by atoms with Crippen LogP contribution in [0.5, 0.6) is 5.75 Å². The first-order valence-corrected chi connectivity index (χ1v) is 14.6. The molecule has 0 amide bonds. The third-order valence-corrected chi connectivity index (χ3v) is 8.41. The minimum absolute atomic E-state index is 0.0420. The van der Waals surface area contributed by atoms with Gasteiger partial charge in [0.25, 0.3) is 11.3 Å². The quantitative estimate of drug-likeness (QED) is 0.189. The van der Waals surface area contributed by atoms with Crippen LogP contribution in [-0.2, 0) is 26.1 Å². The average Bonchev–Trinajstić information content (AvgIpc) is 2.88. The number of ether oxygens (including phenoxy) is 1. The van der Waals surface area contributed by atoms with Gasteiger partial charge in [-0.05, 0) is 78.9 Å². The summed E-state index contributed by atoms with van der Waals surface area (Å²) in [5.74, 6) is -0.717. The largest absolute Gasteiger partial charge is 0.497 e. The Morgan fingerprint density at radius 3 is 2.08 bits per heavy atom. The Labute approximate surface area is 227 Å². The molecule has 0 bridgehead atoms. The zero-order valence-corrected chi connectivity index (χ0v) is 23.1. The van der Waals surface area contributed by atoms with E-state index in [1.54, 1.807) is 36.4 Å². The molecular formula is C25H27BrN2O7S2. The summed E-state index contributed by atoms with van der Waals surface area (Å²) in [7, 11) is -2.24. The van der Waals surface area contributed by atoms with Gasteiger partial charge in [-0.2, -0.15) is 0 Å². The third kappa shape index (κ3) is 7.86. The second kappa shape index (κ2) is 13.2. The minimum atomic E-state index is -3.73. The van der Waals surface area contributed by atoms with E-state index in [-0.39, 0.29) is 23.5 Å². The van der Waals surface area contributed by atoms with E-state index in [0.29, 0.717) is 18.6 Å². The van der Waals surface area contributed by atoms with Crippen molar-refractivity contribution in [3.63, 3.8) is 0 Å². The Bertz CT molecular complexity index is 1320. The molecular weight excluding hydrogens is 584 g/mol. The van der Waals surface area contributed by atoms with Crippen molar-refractivity contribution >= 4 is 48.9 Å². The second-order valence-electron chi connectivity index (χ2n) is 8.03. The number of methoxy groups -OCH3 is 1. The van der Waals surface area contributed by atoms with Gasteiger partial charge in [-0.25, -0.2) is 22.1 Å². The van der Waals surface area contributed by atoms with Crippen molar-refractivity contribution in [1.82, 2.24) is 4.72 Å². The van der Waals surface area contributed by atoms with Gasteiger partial charge in [-0.15, -0.1) is 0 Å². The van der Waals surface area contributed by atoms with E-state index < -0.39 is 33.3 Å². The van der Waals surface area contributed by atoms with E-state index in [1.165, 1.54) is 19.2 Å². The smallest absolute Gasteiger partial charge is 0.327 e. The van der Waals surface area contributed by atoms with Crippen LogP contribution >= 0.6 is 15.9 Å². The molecule has 3 N–H and O–H groups in total. The number of carboxylic acids is 1. The summed E-state index contributed by atoms with van der Waals surface area (Å²) >= 11 is 0.804. The molecule has 3 rings (SSSR count). The highest BCUT2D eigenvalue weighted by molar-refractivity contribution is 9.10. The summed E-state index contributed by atoms with van der Waals surface area (Å²) in [6.07, 6.45) is 0.695. The Kier molecular flexibility index (Phi) is 10.2. The van der Waals surface area contributed by atoms with Crippen LogP contribution in [0.2, 0.25) is 0 Å². The molecule has 0 aliphatic heterocycles. The Balaban J connectivity index is 1.62. The van der Waals surface area contributed by atoms with Gasteiger partial charge in [0.15, 0.2) is 0 Å². The molecule has 0 aromatic heterocycles. The molecule has 2 unspecified atom stereocenters. The van der Waals surface area contributed by atoms with Crippen molar-refractivity contribution in [3.8, 4) is 16.9 Å². The number of hydrogen-bond donors (Lipinski definition) is 3. The lowest BCUT2D eigenvalue weighted by Crippen LogP contribution is -2.42. The van der Waals surface area contributed by atoms with E-state index in [1.807, 2.05) is 24.3 Å². The van der Waals surface area contributed by atoms with Crippen LogP contribution in [0.4, 0.5) is 5.69 Å². The Morgan fingerprint density at radius 1 is 1.00 bits per heavy atom. The maximum atomic E-state index is 12.4. The van der Waals surface area contributed by atoms with E-state index in [2.05, 4.69) is 20.7 Å². The molecule has 0 saturated heterocycles. The van der Waals surface area contributed by atoms with Gasteiger partial charge in [0.1, 0.15) is 11.8 Å². The van der Waals surface area contributed by atoms with Crippen molar-refractivity contribution in [2.24, 2.45) is 0 Å². The number of unbranched alkanes of at least 4 members (excludes halogenated alkanes) is 1. The predicted molar refractivity (Wildman–Crippen MR) is 146 cm³/mol. The lowest BCUT2D eigenvalue weighted by Gasteiger charge is -2.27. The molecule has 0 fully saturated rings. The molecule has 37 heavy (non-hydrogen) atoms. The molecule has 0 saturated carbocycles.